The van der Waals surface area contributed by atoms with Gasteiger partial charge in [-0.3, -0.25) is 14.5 Å². The Hall–Kier alpha value is -4.02. The van der Waals surface area contributed by atoms with Crippen molar-refractivity contribution in [2.45, 2.75) is 16.1 Å². The molecule has 1 aliphatic heterocycles. The molecule has 0 spiro atoms. The number of ketones is 1. The van der Waals surface area contributed by atoms with Crippen molar-refractivity contribution in [1.29, 1.82) is 0 Å². The monoisotopic (exact) mass is 533 g/mol. The van der Waals surface area contributed by atoms with Crippen LogP contribution in [0.25, 0.3) is 5.76 Å². The summed E-state index contributed by atoms with van der Waals surface area (Å²) >= 11 is 2.56. The first kappa shape index (κ1) is 24.7. The van der Waals surface area contributed by atoms with Crippen molar-refractivity contribution in [3.63, 3.8) is 0 Å². The zero-order valence-corrected chi connectivity index (χ0v) is 21.1. The fourth-order valence-electron chi connectivity index (χ4n) is 3.99. The van der Waals surface area contributed by atoms with Crippen LogP contribution in [-0.4, -0.2) is 34.1 Å². The normalized spacial score (nSPS) is 16.8. The average molecular weight is 534 g/mol. The van der Waals surface area contributed by atoms with Gasteiger partial charge >= 0.3 is 5.91 Å². The number of benzene rings is 3. The van der Waals surface area contributed by atoms with Gasteiger partial charge in [-0.15, -0.1) is 10.2 Å². The molecule has 0 radical (unpaired) electrons. The lowest BCUT2D eigenvalue weighted by Gasteiger charge is -2.22. The van der Waals surface area contributed by atoms with E-state index in [1.54, 1.807) is 60.7 Å². The van der Waals surface area contributed by atoms with Gasteiger partial charge in [0.15, 0.2) is 4.34 Å². The first-order valence-electron chi connectivity index (χ1n) is 11.2. The molecule has 1 aromatic heterocycles. The lowest BCUT2D eigenvalue weighted by molar-refractivity contribution is -0.132. The van der Waals surface area contributed by atoms with E-state index in [9.17, 15) is 19.1 Å². The van der Waals surface area contributed by atoms with Gasteiger partial charge < -0.3 is 9.84 Å². The third kappa shape index (κ3) is 4.98. The van der Waals surface area contributed by atoms with Gasteiger partial charge in [-0.25, -0.2) is 4.39 Å². The van der Waals surface area contributed by atoms with Crippen molar-refractivity contribution in [2.75, 3.05) is 12.0 Å². The van der Waals surface area contributed by atoms with E-state index in [2.05, 4.69) is 10.2 Å². The molecule has 5 rings (SSSR count). The number of carbonyl (C=O) groups excluding carboxylic acids is 2. The van der Waals surface area contributed by atoms with Crippen molar-refractivity contribution in [3.05, 3.63) is 107 Å². The minimum atomic E-state index is -0.893. The van der Waals surface area contributed by atoms with Crippen molar-refractivity contribution in [3.8, 4) is 5.75 Å². The summed E-state index contributed by atoms with van der Waals surface area (Å²) in [5.74, 6) is -1.19. The van der Waals surface area contributed by atoms with Gasteiger partial charge in [0.1, 0.15) is 17.3 Å². The third-order valence-corrected chi connectivity index (χ3v) is 7.91. The number of amides is 1. The smallest absolute Gasteiger partial charge is 0.301 e. The highest BCUT2D eigenvalue weighted by Gasteiger charge is 2.48. The minimum absolute atomic E-state index is 0.0415. The Kier molecular flexibility index (Phi) is 7.02. The SMILES string of the molecule is COc1cccc(/C(O)=C2\C(=O)C(=O)N(c3nnc(SCc4ccc(F)cc4)s3)C2c2ccccc2)c1. The van der Waals surface area contributed by atoms with E-state index >= 15 is 0 Å². The van der Waals surface area contributed by atoms with Crippen LogP contribution in [0.5, 0.6) is 5.75 Å². The lowest BCUT2D eigenvalue weighted by atomic mass is 9.95. The van der Waals surface area contributed by atoms with Crippen LogP contribution >= 0.6 is 23.1 Å². The second-order valence-electron chi connectivity index (χ2n) is 8.08. The van der Waals surface area contributed by atoms with Gasteiger partial charge in [-0.05, 0) is 35.4 Å². The number of hydrogen-bond acceptors (Lipinski definition) is 8. The van der Waals surface area contributed by atoms with Crippen LogP contribution in [0.4, 0.5) is 9.52 Å². The van der Waals surface area contributed by atoms with Crippen LogP contribution in [-0.2, 0) is 15.3 Å². The molecule has 186 valence electrons. The van der Waals surface area contributed by atoms with E-state index in [1.165, 1.54) is 47.2 Å². The lowest BCUT2D eigenvalue weighted by Crippen LogP contribution is -2.29. The molecule has 1 saturated heterocycles. The summed E-state index contributed by atoms with van der Waals surface area (Å²) < 4.78 is 19.0. The van der Waals surface area contributed by atoms with Crippen LogP contribution in [0.3, 0.4) is 0 Å². The Bertz CT molecular complexity index is 1490. The minimum Gasteiger partial charge on any atom is -0.507 e. The number of halogens is 1. The highest BCUT2D eigenvalue weighted by atomic mass is 32.2. The molecule has 1 aliphatic rings. The number of ether oxygens (including phenoxy) is 1. The van der Waals surface area contributed by atoms with E-state index in [1.807, 2.05) is 6.07 Å². The second-order valence-corrected chi connectivity index (χ2v) is 10.3. The fourth-order valence-corrected chi connectivity index (χ4v) is 5.81. The van der Waals surface area contributed by atoms with Crippen molar-refractivity contribution < 1.29 is 23.8 Å². The van der Waals surface area contributed by atoms with E-state index in [-0.39, 0.29) is 22.3 Å². The quantitative estimate of drug-likeness (QED) is 0.109. The third-order valence-electron chi connectivity index (χ3n) is 5.78. The number of hydrogen-bond donors (Lipinski definition) is 1. The highest BCUT2D eigenvalue weighted by Crippen LogP contribution is 2.44. The summed E-state index contributed by atoms with van der Waals surface area (Å²) in [4.78, 5) is 27.8. The van der Waals surface area contributed by atoms with Gasteiger partial charge in [-0.1, -0.05) is 77.7 Å². The molecular weight excluding hydrogens is 513 g/mol. The molecule has 1 N–H and O–H groups in total. The molecule has 1 unspecified atom stereocenters. The molecule has 2 heterocycles. The van der Waals surface area contributed by atoms with E-state index < -0.39 is 17.7 Å². The average Bonchev–Trinajstić information content (AvgIpc) is 3.50. The van der Waals surface area contributed by atoms with Crippen LogP contribution in [0.1, 0.15) is 22.7 Å². The van der Waals surface area contributed by atoms with Crippen LogP contribution in [0, 0.1) is 5.82 Å². The molecule has 0 aliphatic carbocycles. The van der Waals surface area contributed by atoms with E-state index in [0.29, 0.717) is 27.0 Å². The van der Waals surface area contributed by atoms with Gasteiger partial charge in [-0.2, -0.15) is 0 Å². The van der Waals surface area contributed by atoms with E-state index in [4.69, 9.17) is 4.74 Å². The van der Waals surface area contributed by atoms with Gasteiger partial charge in [0.25, 0.3) is 5.78 Å². The number of aliphatic hydroxyl groups is 1. The number of carbonyl (C=O) groups is 2. The number of nitrogens with zero attached hydrogens (tertiary/aromatic N) is 3. The molecule has 4 aromatic rings. The molecule has 37 heavy (non-hydrogen) atoms. The van der Waals surface area contributed by atoms with Crippen molar-refractivity contribution in [1.82, 2.24) is 10.2 Å². The predicted molar refractivity (Wildman–Crippen MR) is 140 cm³/mol. The number of anilines is 1. The van der Waals surface area contributed by atoms with Gasteiger partial charge in [0, 0.05) is 11.3 Å². The standard InChI is InChI=1S/C27H20FN3O4S2/c1-35-20-9-5-8-18(14-20)23(32)21-22(17-6-3-2-4-7-17)31(25(34)24(21)33)26-29-30-27(37-26)36-15-16-10-12-19(28)13-11-16/h2-14,22,32H,15H2,1H3/b23-21+. The number of aliphatic hydroxyl groups excluding tert-OH is 1. The summed E-state index contributed by atoms with van der Waals surface area (Å²) in [5, 5.41) is 19.8. The summed E-state index contributed by atoms with van der Waals surface area (Å²) in [5.41, 5.74) is 1.86. The maximum absolute atomic E-state index is 13.3. The number of rotatable bonds is 7. The summed E-state index contributed by atoms with van der Waals surface area (Å²) in [6.45, 7) is 0. The van der Waals surface area contributed by atoms with Crippen LogP contribution in [0.15, 0.2) is 88.8 Å². The topological polar surface area (TPSA) is 92.6 Å². The largest absolute Gasteiger partial charge is 0.507 e. The number of Topliss-reactive ketones (excluding diaryl/α,β-unsaturated/α-hetero) is 1. The van der Waals surface area contributed by atoms with Crippen LogP contribution in [0.2, 0.25) is 0 Å². The molecule has 1 atom stereocenters. The molecule has 0 saturated carbocycles. The van der Waals surface area contributed by atoms with Crippen LogP contribution < -0.4 is 9.64 Å². The number of thioether (sulfide) groups is 1. The Morgan fingerprint density at radius 3 is 2.54 bits per heavy atom. The maximum Gasteiger partial charge on any atom is 0.301 e. The Labute approximate surface area is 220 Å². The summed E-state index contributed by atoms with van der Waals surface area (Å²) in [6.07, 6.45) is 0. The first-order valence-corrected chi connectivity index (χ1v) is 13.0. The first-order chi connectivity index (χ1) is 18.0. The second kappa shape index (κ2) is 10.5. The number of methoxy groups -OCH3 is 1. The Balaban J connectivity index is 1.52. The Morgan fingerprint density at radius 1 is 1.05 bits per heavy atom. The number of aromatic nitrogens is 2. The molecule has 1 fully saturated rings. The zero-order valence-electron chi connectivity index (χ0n) is 19.5. The summed E-state index contributed by atoms with van der Waals surface area (Å²) in [7, 11) is 1.50. The van der Waals surface area contributed by atoms with Crippen molar-refractivity contribution in [2.24, 2.45) is 0 Å². The molecule has 1 amide bonds. The van der Waals surface area contributed by atoms with Crippen molar-refractivity contribution >= 4 is 45.7 Å². The summed E-state index contributed by atoms with van der Waals surface area (Å²) in [6, 6.07) is 20.9. The molecule has 7 nitrogen and oxygen atoms in total. The molecule has 10 heteroatoms. The highest BCUT2D eigenvalue weighted by molar-refractivity contribution is 8.00. The molecule has 3 aromatic carbocycles. The zero-order chi connectivity index (χ0) is 25.9. The molecular formula is C27H20FN3O4S2. The van der Waals surface area contributed by atoms with E-state index in [0.717, 1.165) is 5.56 Å². The fraction of sp³-hybridized carbons (Fsp3) is 0.111. The van der Waals surface area contributed by atoms with Gasteiger partial charge in [0.2, 0.25) is 5.13 Å². The molecule has 0 bridgehead atoms. The predicted octanol–water partition coefficient (Wildman–Crippen LogP) is 5.60. The Morgan fingerprint density at radius 2 is 1.81 bits per heavy atom. The van der Waals surface area contributed by atoms with Gasteiger partial charge in [0.05, 0.1) is 18.7 Å². The maximum atomic E-state index is 13.3.